The van der Waals surface area contributed by atoms with E-state index < -0.39 is 5.66 Å². The summed E-state index contributed by atoms with van der Waals surface area (Å²) in [5.41, 5.74) is 0.611. The van der Waals surface area contributed by atoms with Crippen LogP contribution in [0.5, 0.6) is 0 Å². The Balaban J connectivity index is 1.50. The minimum Gasteiger partial charge on any atom is -0.370 e. The highest BCUT2D eigenvalue weighted by Crippen LogP contribution is 2.37. The van der Waals surface area contributed by atoms with Gasteiger partial charge in [-0.15, -0.1) is 12.3 Å². The maximum atomic E-state index is 12.5. The standard InChI is InChI=1S/C16H21N5O2/c1-3-4-6-16(18-19-16)7-5-15(22)21-8-9-23-14(12-21)13-10-17-20(2)11-13/h1,10-11,14H,4-9,12H2,2H3. The van der Waals surface area contributed by atoms with Gasteiger partial charge in [-0.1, -0.05) is 0 Å². The molecule has 1 aromatic rings. The monoisotopic (exact) mass is 315 g/mol. The first-order valence-corrected chi connectivity index (χ1v) is 7.87. The number of rotatable bonds is 6. The first-order chi connectivity index (χ1) is 11.1. The van der Waals surface area contributed by atoms with E-state index in [9.17, 15) is 4.79 Å². The molecule has 0 saturated carbocycles. The Kier molecular flexibility index (Phi) is 4.44. The third-order valence-corrected chi connectivity index (χ3v) is 4.31. The molecule has 0 bridgehead atoms. The van der Waals surface area contributed by atoms with Gasteiger partial charge < -0.3 is 9.64 Å². The van der Waals surface area contributed by atoms with Crippen molar-refractivity contribution in [2.24, 2.45) is 17.3 Å². The van der Waals surface area contributed by atoms with Crippen LogP contribution >= 0.6 is 0 Å². The number of nitrogens with zero attached hydrogens (tertiary/aromatic N) is 5. The van der Waals surface area contributed by atoms with Gasteiger partial charge in [0.05, 0.1) is 19.3 Å². The molecule has 0 aromatic carbocycles. The highest BCUT2D eigenvalue weighted by molar-refractivity contribution is 5.76. The minimum atomic E-state index is -0.392. The third-order valence-electron chi connectivity index (χ3n) is 4.31. The average Bonchev–Trinajstić information content (AvgIpc) is 3.22. The molecule has 1 saturated heterocycles. The van der Waals surface area contributed by atoms with Crippen LogP contribution in [-0.4, -0.2) is 45.9 Å². The molecule has 0 spiro atoms. The summed E-state index contributed by atoms with van der Waals surface area (Å²) in [4.78, 5) is 14.3. The van der Waals surface area contributed by atoms with Crippen molar-refractivity contribution in [1.82, 2.24) is 14.7 Å². The van der Waals surface area contributed by atoms with Gasteiger partial charge in [0.1, 0.15) is 6.10 Å². The van der Waals surface area contributed by atoms with E-state index in [2.05, 4.69) is 21.2 Å². The molecule has 7 nitrogen and oxygen atoms in total. The molecule has 122 valence electrons. The Morgan fingerprint density at radius 3 is 3.00 bits per heavy atom. The quantitative estimate of drug-likeness (QED) is 0.750. The number of carbonyl (C=O) groups is 1. The van der Waals surface area contributed by atoms with Crippen molar-refractivity contribution < 1.29 is 9.53 Å². The molecule has 2 aliphatic rings. The molecule has 1 unspecified atom stereocenters. The molecule has 1 aromatic heterocycles. The second-order valence-electron chi connectivity index (χ2n) is 6.03. The lowest BCUT2D eigenvalue weighted by atomic mass is 10.0. The van der Waals surface area contributed by atoms with Crippen molar-refractivity contribution in [2.45, 2.75) is 37.5 Å². The summed E-state index contributed by atoms with van der Waals surface area (Å²) in [5.74, 6) is 2.73. The van der Waals surface area contributed by atoms with Crippen molar-refractivity contribution in [3.63, 3.8) is 0 Å². The van der Waals surface area contributed by atoms with Gasteiger partial charge in [0, 0.05) is 51.0 Å². The normalized spacial score (nSPS) is 21.9. The third kappa shape index (κ3) is 3.77. The average molecular weight is 315 g/mol. The van der Waals surface area contributed by atoms with Gasteiger partial charge >= 0.3 is 0 Å². The molecule has 1 fully saturated rings. The molecular weight excluding hydrogens is 294 g/mol. The molecule has 2 aliphatic heterocycles. The van der Waals surface area contributed by atoms with Crippen molar-refractivity contribution in [3.8, 4) is 12.3 Å². The molecular formula is C16H21N5O2. The van der Waals surface area contributed by atoms with E-state index in [1.54, 1.807) is 10.9 Å². The summed E-state index contributed by atoms with van der Waals surface area (Å²) in [6, 6.07) is 0. The molecule has 0 N–H and O–H groups in total. The van der Waals surface area contributed by atoms with Gasteiger partial charge in [-0.3, -0.25) is 9.48 Å². The predicted molar refractivity (Wildman–Crippen MR) is 83.4 cm³/mol. The van der Waals surface area contributed by atoms with Crippen LogP contribution < -0.4 is 0 Å². The summed E-state index contributed by atoms with van der Waals surface area (Å²) in [6.45, 7) is 1.74. The number of aryl methyl sites for hydroxylation is 1. The summed E-state index contributed by atoms with van der Waals surface area (Å²) in [6.07, 6.45) is 11.3. The highest BCUT2D eigenvalue weighted by Gasteiger charge is 2.40. The number of ether oxygens (including phenoxy) is 1. The summed E-state index contributed by atoms with van der Waals surface area (Å²) >= 11 is 0. The molecule has 7 heteroatoms. The molecule has 1 atom stereocenters. The summed E-state index contributed by atoms with van der Waals surface area (Å²) < 4.78 is 7.50. The zero-order valence-corrected chi connectivity index (χ0v) is 13.3. The van der Waals surface area contributed by atoms with Crippen molar-refractivity contribution in [2.75, 3.05) is 19.7 Å². The highest BCUT2D eigenvalue weighted by atomic mass is 16.5. The van der Waals surface area contributed by atoms with Crippen LogP contribution in [0.2, 0.25) is 0 Å². The number of amides is 1. The SMILES string of the molecule is C#CCCC1(CCC(=O)N2CCOC(c3cnn(C)c3)C2)N=N1. The number of aromatic nitrogens is 2. The number of carbonyl (C=O) groups excluding carboxylic acids is 1. The zero-order chi connectivity index (χ0) is 16.3. The lowest BCUT2D eigenvalue weighted by Gasteiger charge is -2.32. The van der Waals surface area contributed by atoms with Crippen LogP contribution in [-0.2, 0) is 16.6 Å². The van der Waals surface area contributed by atoms with Crippen molar-refractivity contribution >= 4 is 5.91 Å². The second kappa shape index (κ2) is 6.50. The van der Waals surface area contributed by atoms with E-state index in [0.29, 0.717) is 39.0 Å². The molecule has 3 heterocycles. The molecule has 0 radical (unpaired) electrons. The maximum Gasteiger partial charge on any atom is 0.222 e. The van der Waals surface area contributed by atoms with E-state index in [0.717, 1.165) is 12.0 Å². The fourth-order valence-corrected chi connectivity index (χ4v) is 2.82. The predicted octanol–water partition coefficient (Wildman–Crippen LogP) is 1.68. The number of hydrogen-bond acceptors (Lipinski definition) is 5. The Bertz CT molecular complexity index is 639. The van der Waals surface area contributed by atoms with Gasteiger partial charge in [0.2, 0.25) is 5.91 Å². The van der Waals surface area contributed by atoms with E-state index in [4.69, 9.17) is 11.2 Å². The first kappa shape index (κ1) is 15.7. The maximum absolute atomic E-state index is 12.5. The summed E-state index contributed by atoms with van der Waals surface area (Å²) in [5, 5.41) is 12.3. The van der Waals surface area contributed by atoms with Gasteiger partial charge in [-0.05, 0) is 0 Å². The van der Waals surface area contributed by atoms with Crippen LogP contribution in [0, 0.1) is 12.3 Å². The lowest BCUT2D eigenvalue weighted by molar-refractivity contribution is -0.139. The number of morpholine rings is 1. The van der Waals surface area contributed by atoms with E-state index in [1.165, 1.54) is 0 Å². The van der Waals surface area contributed by atoms with Crippen LogP contribution in [0.3, 0.4) is 0 Å². The minimum absolute atomic E-state index is 0.105. The Morgan fingerprint density at radius 1 is 1.52 bits per heavy atom. The number of hydrogen-bond donors (Lipinski definition) is 0. The molecule has 23 heavy (non-hydrogen) atoms. The van der Waals surface area contributed by atoms with Crippen molar-refractivity contribution in [1.29, 1.82) is 0 Å². The first-order valence-electron chi connectivity index (χ1n) is 7.87. The lowest BCUT2D eigenvalue weighted by Crippen LogP contribution is -2.42. The molecule has 1 amide bonds. The topological polar surface area (TPSA) is 72.1 Å². The largest absolute Gasteiger partial charge is 0.370 e. The summed E-state index contributed by atoms with van der Waals surface area (Å²) in [7, 11) is 1.87. The Labute approximate surface area is 135 Å². The Hall–Kier alpha value is -2.20. The van der Waals surface area contributed by atoms with Gasteiger partial charge in [0.15, 0.2) is 5.66 Å². The van der Waals surface area contributed by atoms with E-state index >= 15 is 0 Å². The fourth-order valence-electron chi connectivity index (χ4n) is 2.82. The van der Waals surface area contributed by atoms with E-state index in [1.807, 2.05) is 18.1 Å². The second-order valence-corrected chi connectivity index (χ2v) is 6.03. The van der Waals surface area contributed by atoms with Crippen LogP contribution in [0.1, 0.15) is 37.4 Å². The van der Waals surface area contributed by atoms with Crippen molar-refractivity contribution in [3.05, 3.63) is 18.0 Å². The number of terminal acetylenes is 1. The van der Waals surface area contributed by atoms with Gasteiger partial charge in [-0.2, -0.15) is 15.3 Å². The Morgan fingerprint density at radius 2 is 2.35 bits per heavy atom. The molecule has 3 rings (SSSR count). The van der Waals surface area contributed by atoms with E-state index in [-0.39, 0.29) is 12.0 Å². The van der Waals surface area contributed by atoms with Crippen LogP contribution in [0.15, 0.2) is 22.6 Å². The fraction of sp³-hybridized carbons (Fsp3) is 0.625. The molecule has 0 aliphatic carbocycles. The van der Waals surface area contributed by atoms with Gasteiger partial charge in [0.25, 0.3) is 0 Å². The zero-order valence-electron chi connectivity index (χ0n) is 13.3. The smallest absolute Gasteiger partial charge is 0.222 e. The van der Waals surface area contributed by atoms with Gasteiger partial charge in [-0.25, -0.2) is 0 Å². The van der Waals surface area contributed by atoms with Crippen LogP contribution in [0.4, 0.5) is 0 Å². The van der Waals surface area contributed by atoms with Crippen LogP contribution in [0.25, 0.3) is 0 Å².